The highest BCUT2D eigenvalue weighted by molar-refractivity contribution is 7.71. The van der Waals surface area contributed by atoms with Crippen LogP contribution in [0, 0.1) is 10.7 Å². The summed E-state index contributed by atoms with van der Waals surface area (Å²) in [6.07, 6.45) is 7.24. The van der Waals surface area contributed by atoms with Crippen LogP contribution in [0.2, 0.25) is 0 Å². The summed E-state index contributed by atoms with van der Waals surface area (Å²) in [6.45, 7) is 2.28. The van der Waals surface area contributed by atoms with E-state index in [4.69, 9.17) is 12.2 Å². The number of benzene rings is 1. The molecule has 1 aromatic heterocycles. The first-order chi connectivity index (χ1) is 11.1. The first kappa shape index (κ1) is 14.9. The first-order valence-electron chi connectivity index (χ1n) is 8.55. The molecule has 1 atom stereocenters. The van der Waals surface area contributed by atoms with Crippen LogP contribution in [-0.2, 0) is 11.8 Å². The summed E-state index contributed by atoms with van der Waals surface area (Å²) >= 11 is 5.23. The summed E-state index contributed by atoms with van der Waals surface area (Å²) in [5.74, 6) is 0.564. The molecule has 1 saturated carbocycles. The lowest BCUT2D eigenvalue weighted by Crippen LogP contribution is -2.43. The molecule has 0 radical (unpaired) electrons. The van der Waals surface area contributed by atoms with Gasteiger partial charge in [-0.3, -0.25) is 9.78 Å². The van der Waals surface area contributed by atoms with Crippen molar-refractivity contribution in [3.05, 3.63) is 50.5 Å². The Kier molecular flexibility index (Phi) is 3.52. The van der Waals surface area contributed by atoms with Gasteiger partial charge in [0.1, 0.15) is 0 Å². The Hall–Kier alpha value is -1.68. The van der Waals surface area contributed by atoms with Gasteiger partial charge in [0, 0.05) is 16.5 Å². The van der Waals surface area contributed by atoms with Crippen molar-refractivity contribution in [1.29, 1.82) is 0 Å². The van der Waals surface area contributed by atoms with Gasteiger partial charge in [0.2, 0.25) is 0 Å². The van der Waals surface area contributed by atoms with E-state index in [-0.39, 0.29) is 11.0 Å². The Morgan fingerprint density at radius 1 is 1.13 bits per heavy atom. The van der Waals surface area contributed by atoms with Gasteiger partial charge in [0.25, 0.3) is 5.56 Å². The average Bonchev–Trinajstić information content (AvgIpc) is 2.55. The number of nitrogens with one attached hydrogen (secondary N) is 2. The number of H-pyrrole nitrogens is 2. The lowest BCUT2D eigenvalue weighted by Gasteiger charge is -2.43. The molecule has 3 nitrogen and oxygen atoms in total. The van der Waals surface area contributed by atoms with Crippen LogP contribution in [0.3, 0.4) is 0 Å². The molecule has 2 N–H and O–H groups in total. The topological polar surface area (TPSA) is 48.6 Å². The Balaban J connectivity index is 1.98. The maximum absolute atomic E-state index is 12.8. The molecule has 0 spiro atoms. The third kappa shape index (κ3) is 2.31. The summed E-state index contributed by atoms with van der Waals surface area (Å²) in [7, 11) is 0. The summed E-state index contributed by atoms with van der Waals surface area (Å²) in [5.41, 5.74) is 4.19. The van der Waals surface area contributed by atoms with Gasteiger partial charge >= 0.3 is 0 Å². The lowest BCUT2D eigenvalue weighted by atomic mass is 9.60. The number of hydrogen-bond acceptors (Lipinski definition) is 2. The molecule has 1 fully saturated rings. The van der Waals surface area contributed by atoms with Gasteiger partial charge < -0.3 is 4.98 Å². The largest absolute Gasteiger partial charge is 0.331 e. The van der Waals surface area contributed by atoms with E-state index in [2.05, 4.69) is 35.1 Å². The lowest BCUT2D eigenvalue weighted by molar-refractivity contribution is 0.213. The van der Waals surface area contributed by atoms with E-state index in [1.807, 2.05) is 6.07 Å². The van der Waals surface area contributed by atoms with E-state index in [1.165, 1.54) is 37.7 Å². The highest BCUT2D eigenvalue weighted by Gasteiger charge is 2.43. The maximum Gasteiger partial charge on any atom is 0.256 e. The molecule has 120 valence electrons. The molecule has 0 aliphatic heterocycles. The smallest absolute Gasteiger partial charge is 0.256 e. The van der Waals surface area contributed by atoms with Crippen LogP contribution in [0.15, 0.2) is 29.1 Å². The normalized spacial score (nSPS) is 24.0. The van der Waals surface area contributed by atoms with Gasteiger partial charge in [-0.15, -0.1) is 0 Å². The Morgan fingerprint density at radius 3 is 2.65 bits per heavy atom. The second-order valence-electron chi connectivity index (χ2n) is 7.24. The van der Waals surface area contributed by atoms with Gasteiger partial charge in [0.05, 0.1) is 5.69 Å². The summed E-state index contributed by atoms with van der Waals surface area (Å²) < 4.78 is 0.413. The van der Waals surface area contributed by atoms with E-state index in [0.717, 1.165) is 23.2 Å². The molecule has 2 aliphatic carbocycles. The van der Waals surface area contributed by atoms with Gasteiger partial charge in [0.15, 0.2) is 4.77 Å². The molecule has 0 amide bonds. The fraction of sp³-hybridized carbons (Fsp3) is 0.474. The fourth-order valence-corrected chi connectivity index (χ4v) is 4.92. The number of aromatic amines is 2. The minimum absolute atomic E-state index is 0.00803. The SMILES string of the molecule is CC1(C2CCCCC2)Cc2ccccc2-c2[nH]c(=S)[nH]c(=O)c21. The van der Waals surface area contributed by atoms with E-state index >= 15 is 0 Å². The van der Waals surface area contributed by atoms with Crippen molar-refractivity contribution in [2.24, 2.45) is 5.92 Å². The molecule has 0 saturated heterocycles. The zero-order valence-electron chi connectivity index (χ0n) is 13.4. The molecule has 4 rings (SSSR count). The molecule has 0 bridgehead atoms. The third-order valence-corrected chi connectivity index (χ3v) is 6.07. The zero-order chi connectivity index (χ0) is 16.0. The van der Waals surface area contributed by atoms with Crippen molar-refractivity contribution in [2.75, 3.05) is 0 Å². The summed E-state index contributed by atoms with van der Waals surface area (Å²) in [6, 6.07) is 8.41. The fourth-order valence-electron chi connectivity index (χ4n) is 4.72. The average molecular weight is 326 g/mol. The van der Waals surface area contributed by atoms with Crippen molar-refractivity contribution in [2.45, 2.75) is 50.9 Å². The minimum Gasteiger partial charge on any atom is -0.331 e. The maximum atomic E-state index is 12.8. The van der Waals surface area contributed by atoms with Gasteiger partial charge in [-0.1, -0.05) is 50.5 Å². The standard InChI is InChI=1S/C19H22N2OS/c1-19(13-8-3-2-4-9-13)11-12-7-5-6-10-14(12)16-15(19)17(22)21-18(23)20-16/h5-7,10,13H,2-4,8-9,11H2,1H3,(H2,20,21,22,23). The Bertz CT molecular complexity index is 860. The van der Waals surface area contributed by atoms with E-state index in [9.17, 15) is 4.79 Å². The third-order valence-electron chi connectivity index (χ3n) is 5.86. The quantitative estimate of drug-likeness (QED) is 0.758. The predicted molar refractivity (Wildman–Crippen MR) is 95.3 cm³/mol. The molecule has 4 heteroatoms. The van der Waals surface area contributed by atoms with Crippen LogP contribution in [-0.4, -0.2) is 9.97 Å². The van der Waals surface area contributed by atoms with E-state index in [0.29, 0.717) is 10.7 Å². The molecule has 2 aliphatic rings. The van der Waals surface area contributed by atoms with Gasteiger partial charge in [-0.25, -0.2) is 0 Å². The van der Waals surface area contributed by atoms with Crippen molar-refractivity contribution >= 4 is 12.2 Å². The van der Waals surface area contributed by atoms with Crippen LogP contribution >= 0.6 is 12.2 Å². The predicted octanol–water partition coefficient (Wildman–Crippen LogP) is 4.49. The van der Waals surface area contributed by atoms with Crippen LogP contribution in [0.4, 0.5) is 0 Å². The molecule has 1 heterocycles. The number of rotatable bonds is 1. The number of aromatic nitrogens is 2. The Morgan fingerprint density at radius 2 is 1.87 bits per heavy atom. The summed E-state index contributed by atoms with van der Waals surface area (Å²) in [5, 5.41) is 0. The van der Waals surface area contributed by atoms with Gasteiger partial charge in [-0.2, -0.15) is 0 Å². The highest BCUT2D eigenvalue weighted by Crippen LogP contribution is 2.48. The second-order valence-corrected chi connectivity index (χ2v) is 7.65. The first-order valence-corrected chi connectivity index (χ1v) is 8.96. The molecule has 2 aromatic rings. The Labute approximate surface area is 141 Å². The zero-order valence-corrected chi connectivity index (χ0v) is 14.3. The molecule has 1 aromatic carbocycles. The van der Waals surface area contributed by atoms with Crippen LogP contribution < -0.4 is 5.56 Å². The van der Waals surface area contributed by atoms with Crippen LogP contribution in [0.1, 0.15) is 50.2 Å². The van der Waals surface area contributed by atoms with E-state index < -0.39 is 0 Å². The van der Waals surface area contributed by atoms with Crippen molar-refractivity contribution in [3.63, 3.8) is 0 Å². The van der Waals surface area contributed by atoms with E-state index in [1.54, 1.807) is 0 Å². The van der Waals surface area contributed by atoms with Crippen molar-refractivity contribution in [1.82, 2.24) is 9.97 Å². The second kappa shape index (κ2) is 5.45. The van der Waals surface area contributed by atoms with Crippen LogP contribution in [0.25, 0.3) is 11.3 Å². The van der Waals surface area contributed by atoms with Crippen molar-refractivity contribution < 1.29 is 0 Å². The molecular weight excluding hydrogens is 304 g/mol. The van der Waals surface area contributed by atoms with Crippen LogP contribution in [0.5, 0.6) is 0 Å². The number of fused-ring (bicyclic) bond motifs is 3. The molecule has 1 unspecified atom stereocenters. The monoisotopic (exact) mass is 326 g/mol. The number of hydrogen-bond donors (Lipinski definition) is 2. The van der Waals surface area contributed by atoms with Crippen molar-refractivity contribution in [3.8, 4) is 11.3 Å². The highest BCUT2D eigenvalue weighted by atomic mass is 32.1. The molecular formula is C19H22N2OS. The molecule has 23 heavy (non-hydrogen) atoms. The summed E-state index contributed by atoms with van der Waals surface area (Å²) in [4.78, 5) is 18.9. The minimum atomic E-state index is -0.114. The van der Waals surface area contributed by atoms with Gasteiger partial charge in [-0.05, 0) is 43.0 Å².